The van der Waals surface area contributed by atoms with Gasteiger partial charge in [-0.25, -0.2) is 10.2 Å². The highest BCUT2D eigenvalue weighted by atomic mass is 16.5. The Hall–Kier alpha value is -2.77. The van der Waals surface area contributed by atoms with E-state index < -0.39 is 12.0 Å². The Morgan fingerprint density at radius 3 is 2.23 bits per heavy atom. The summed E-state index contributed by atoms with van der Waals surface area (Å²) in [4.78, 5) is 33.8. The quantitative estimate of drug-likeness (QED) is 0.684. The molecule has 0 saturated heterocycles. The van der Waals surface area contributed by atoms with Crippen molar-refractivity contribution in [2.45, 2.75) is 19.8 Å². The fraction of sp³-hybridized carbons (Fsp3) is 0.357. The summed E-state index contributed by atoms with van der Waals surface area (Å²) in [6, 6.07) is 6.90. The maximum Gasteiger partial charge on any atom is 0.425 e. The van der Waals surface area contributed by atoms with Gasteiger partial charge < -0.3 is 14.8 Å². The monoisotopic (exact) mass is 309 g/mol. The number of amides is 3. The van der Waals surface area contributed by atoms with Gasteiger partial charge in [0.1, 0.15) is 5.75 Å². The third kappa shape index (κ3) is 6.60. The van der Waals surface area contributed by atoms with Crippen molar-refractivity contribution in [1.82, 2.24) is 10.9 Å². The molecule has 0 spiro atoms. The molecule has 0 aliphatic heterocycles. The lowest BCUT2D eigenvalue weighted by molar-refractivity contribution is -0.124. The molecule has 0 aromatic heterocycles. The number of hydrazine groups is 1. The van der Waals surface area contributed by atoms with Crippen LogP contribution in [0.5, 0.6) is 5.75 Å². The fourth-order valence-electron chi connectivity index (χ4n) is 1.49. The van der Waals surface area contributed by atoms with E-state index in [4.69, 9.17) is 4.74 Å². The highest BCUT2D eigenvalue weighted by Gasteiger charge is 2.08. The van der Waals surface area contributed by atoms with E-state index in [-0.39, 0.29) is 18.7 Å². The van der Waals surface area contributed by atoms with Crippen molar-refractivity contribution < 1.29 is 23.9 Å². The van der Waals surface area contributed by atoms with E-state index in [1.165, 1.54) is 7.11 Å². The summed E-state index contributed by atoms with van der Waals surface area (Å²) >= 11 is 0. The van der Waals surface area contributed by atoms with Gasteiger partial charge in [-0.1, -0.05) is 0 Å². The molecule has 3 N–H and O–H groups in total. The molecule has 0 fully saturated rings. The van der Waals surface area contributed by atoms with E-state index in [0.717, 1.165) is 0 Å². The summed E-state index contributed by atoms with van der Waals surface area (Å²) in [6.45, 7) is 2.45. The first-order chi connectivity index (χ1) is 10.5. The molecule has 0 aliphatic carbocycles. The zero-order valence-corrected chi connectivity index (χ0v) is 12.5. The second-order valence-electron chi connectivity index (χ2n) is 4.17. The van der Waals surface area contributed by atoms with Crippen LogP contribution in [0.4, 0.5) is 10.5 Å². The third-order valence-electron chi connectivity index (χ3n) is 2.52. The van der Waals surface area contributed by atoms with Gasteiger partial charge in [-0.05, 0) is 31.2 Å². The van der Waals surface area contributed by atoms with Crippen LogP contribution in [-0.2, 0) is 14.3 Å². The van der Waals surface area contributed by atoms with E-state index in [1.54, 1.807) is 24.3 Å². The van der Waals surface area contributed by atoms with E-state index >= 15 is 0 Å². The van der Waals surface area contributed by atoms with Crippen molar-refractivity contribution in [3.05, 3.63) is 24.3 Å². The summed E-state index contributed by atoms with van der Waals surface area (Å²) in [5, 5.41) is 2.66. The molecule has 3 amide bonds. The average Bonchev–Trinajstić information content (AvgIpc) is 2.52. The Labute approximate surface area is 128 Å². The van der Waals surface area contributed by atoms with Crippen LogP contribution in [0.25, 0.3) is 0 Å². The van der Waals surface area contributed by atoms with Gasteiger partial charge in [0.25, 0.3) is 0 Å². The minimum Gasteiger partial charge on any atom is -0.494 e. The number of methoxy groups -OCH3 is 1. The average molecular weight is 309 g/mol. The first kappa shape index (κ1) is 17.3. The fourth-order valence-corrected chi connectivity index (χ4v) is 1.49. The topological polar surface area (TPSA) is 106 Å². The predicted octanol–water partition coefficient (Wildman–Crippen LogP) is 1.19. The molecular weight excluding hydrogens is 290 g/mol. The second kappa shape index (κ2) is 9.22. The number of carbonyl (C=O) groups is 3. The predicted molar refractivity (Wildman–Crippen MR) is 79.2 cm³/mol. The summed E-state index contributed by atoms with van der Waals surface area (Å²) in [7, 11) is 1.17. The first-order valence-electron chi connectivity index (χ1n) is 6.70. The lowest BCUT2D eigenvalue weighted by atomic mass is 10.2. The van der Waals surface area contributed by atoms with Gasteiger partial charge in [-0.3, -0.25) is 15.0 Å². The molecule has 8 nitrogen and oxygen atoms in total. The molecule has 0 saturated carbocycles. The maximum atomic E-state index is 11.7. The number of hydrogen-bond acceptors (Lipinski definition) is 5. The summed E-state index contributed by atoms with van der Waals surface area (Å²) in [5.41, 5.74) is 4.74. The van der Waals surface area contributed by atoms with Crippen LogP contribution in [0.15, 0.2) is 24.3 Å². The molecule has 1 aromatic carbocycles. The summed E-state index contributed by atoms with van der Waals surface area (Å²) in [6.07, 6.45) is -0.860. The van der Waals surface area contributed by atoms with Gasteiger partial charge in [0.15, 0.2) is 0 Å². The van der Waals surface area contributed by atoms with Crippen molar-refractivity contribution in [3.63, 3.8) is 0 Å². The van der Waals surface area contributed by atoms with Crippen LogP contribution in [-0.4, -0.2) is 31.6 Å². The van der Waals surface area contributed by atoms with Crippen LogP contribution in [0.1, 0.15) is 19.8 Å². The highest BCUT2D eigenvalue weighted by Crippen LogP contribution is 2.15. The Morgan fingerprint density at radius 1 is 1.00 bits per heavy atom. The minimum atomic E-state index is -0.785. The van der Waals surface area contributed by atoms with Crippen molar-refractivity contribution in [1.29, 1.82) is 0 Å². The van der Waals surface area contributed by atoms with Crippen LogP contribution < -0.4 is 20.9 Å². The highest BCUT2D eigenvalue weighted by molar-refractivity contribution is 5.93. The molecule has 0 unspecified atom stereocenters. The zero-order chi connectivity index (χ0) is 16.4. The molecule has 0 aliphatic rings. The number of rotatable bonds is 6. The number of hydrogen-bond donors (Lipinski definition) is 3. The molecule has 8 heteroatoms. The zero-order valence-electron chi connectivity index (χ0n) is 12.5. The van der Waals surface area contributed by atoms with Gasteiger partial charge >= 0.3 is 6.09 Å². The molecule has 22 heavy (non-hydrogen) atoms. The molecule has 120 valence electrons. The molecule has 0 radical (unpaired) electrons. The van der Waals surface area contributed by atoms with E-state index in [0.29, 0.717) is 18.0 Å². The molecule has 0 bridgehead atoms. The van der Waals surface area contributed by atoms with Crippen molar-refractivity contribution in [2.24, 2.45) is 0 Å². The van der Waals surface area contributed by atoms with Crippen LogP contribution in [0, 0.1) is 0 Å². The molecule has 0 heterocycles. The summed E-state index contributed by atoms with van der Waals surface area (Å²) < 4.78 is 9.57. The lowest BCUT2D eigenvalue weighted by Crippen LogP contribution is -2.41. The van der Waals surface area contributed by atoms with Crippen LogP contribution in [0.2, 0.25) is 0 Å². The van der Waals surface area contributed by atoms with E-state index in [1.807, 2.05) is 12.3 Å². The number of benzene rings is 1. The molecular formula is C14H19N3O5. The van der Waals surface area contributed by atoms with Gasteiger partial charge in [0, 0.05) is 18.5 Å². The maximum absolute atomic E-state index is 11.7. The second-order valence-corrected chi connectivity index (χ2v) is 4.17. The Kier molecular flexibility index (Phi) is 7.24. The normalized spacial score (nSPS) is 9.55. The Balaban J connectivity index is 2.30. The van der Waals surface area contributed by atoms with Crippen LogP contribution in [0.3, 0.4) is 0 Å². The number of anilines is 1. The van der Waals surface area contributed by atoms with Gasteiger partial charge in [-0.2, -0.15) is 0 Å². The Bertz CT molecular complexity index is 516. The largest absolute Gasteiger partial charge is 0.494 e. The molecule has 1 rings (SSSR count). The van der Waals surface area contributed by atoms with Crippen molar-refractivity contribution >= 4 is 23.6 Å². The Morgan fingerprint density at radius 2 is 1.64 bits per heavy atom. The standard InChI is InChI=1S/C14H19N3O5/c1-3-22-11-6-4-10(5-7-11)15-12(18)8-9-13(19)16-17-14(20)21-2/h4-7H,3,8-9H2,1-2H3,(H,15,18)(H,16,19)(H,17,20). The third-order valence-corrected chi connectivity index (χ3v) is 2.52. The summed E-state index contributed by atoms with van der Waals surface area (Å²) in [5.74, 6) is -0.0848. The van der Waals surface area contributed by atoms with Gasteiger partial charge in [0.2, 0.25) is 11.8 Å². The smallest absolute Gasteiger partial charge is 0.425 e. The SMILES string of the molecule is CCOc1ccc(NC(=O)CCC(=O)NNC(=O)OC)cc1. The number of ether oxygens (including phenoxy) is 2. The van der Waals surface area contributed by atoms with E-state index in [2.05, 4.69) is 15.5 Å². The van der Waals surface area contributed by atoms with Crippen LogP contribution >= 0.6 is 0 Å². The number of carbonyl (C=O) groups excluding carboxylic acids is 3. The first-order valence-corrected chi connectivity index (χ1v) is 6.70. The van der Waals surface area contributed by atoms with Gasteiger partial charge in [0.05, 0.1) is 13.7 Å². The number of nitrogens with one attached hydrogen (secondary N) is 3. The molecule has 0 atom stereocenters. The van der Waals surface area contributed by atoms with Crippen molar-refractivity contribution in [2.75, 3.05) is 19.0 Å². The van der Waals surface area contributed by atoms with E-state index in [9.17, 15) is 14.4 Å². The van der Waals surface area contributed by atoms with Gasteiger partial charge in [-0.15, -0.1) is 0 Å². The lowest BCUT2D eigenvalue weighted by Gasteiger charge is -2.08. The molecule has 1 aromatic rings. The van der Waals surface area contributed by atoms with Crippen molar-refractivity contribution in [3.8, 4) is 5.75 Å². The minimum absolute atomic E-state index is 0.0120.